The van der Waals surface area contributed by atoms with Gasteiger partial charge in [0.2, 0.25) is 0 Å². The molecule has 0 spiro atoms. The smallest absolute Gasteiger partial charge is 0.0897 e. The highest BCUT2D eigenvalue weighted by Crippen LogP contribution is 2.32. The Morgan fingerprint density at radius 1 is 1.53 bits per heavy atom. The van der Waals surface area contributed by atoms with Crippen LogP contribution in [0.5, 0.6) is 0 Å². The van der Waals surface area contributed by atoms with E-state index >= 15 is 0 Å². The van der Waals surface area contributed by atoms with E-state index in [4.69, 9.17) is 0 Å². The Kier molecular flexibility index (Phi) is 4.17. The molecule has 0 unspecified atom stereocenters. The van der Waals surface area contributed by atoms with E-state index < -0.39 is 0 Å². The van der Waals surface area contributed by atoms with Gasteiger partial charge in [0.15, 0.2) is 0 Å². The van der Waals surface area contributed by atoms with E-state index in [9.17, 15) is 5.11 Å². The lowest BCUT2D eigenvalue weighted by molar-refractivity contribution is 0.104. The monoisotopic (exact) mass is 254 g/mol. The van der Waals surface area contributed by atoms with Crippen LogP contribution >= 0.6 is 11.3 Å². The molecule has 2 N–H and O–H groups in total. The highest BCUT2D eigenvalue weighted by atomic mass is 32.1. The summed E-state index contributed by atoms with van der Waals surface area (Å²) in [6, 6.07) is 0. The lowest BCUT2D eigenvalue weighted by Gasteiger charge is -2.38. The fraction of sp³-hybridized carbons (Fsp3) is 0.769. The van der Waals surface area contributed by atoms with Crippen LogP contribution in [0.1, 0.15) is 42.5 Å². The minimum atomic E-state index is -0.0512. The summed E-state index contributed by atoms with van der Waals surface area (Å²) in [5, 5.41) is 14.3. The van der Waals surface area contributed by atoms with Gasteiger partial charge in [-0.05, 0) is 38.5 Å². The number of hydrogen-bond acceptors (Lipinski definition) is 4. The van der Waals surface area contributed by atoms with E-state index in [0.29, 0.717) is 0 Å². The van der Waals surface area contributed by atoms with Crippen LogP contribution in [0.15, 0.2) is 6.20 Å². The van der Waals surface area contributed by atoms with Crippen LogP contribution < -0.4 is 5.32 Å². The first-order valence-electron chi connectivity index (χ1n) is 6.41. The molecule has 1 heterocycles. The Labute approximate surface area is 107 Å². The molecule has 1 aliphatic rings. The van der Waals surface area contributed by atoms with Crippen molar-refractivity contribution in [3.63, 3.8) is 0 Å². The molecule has 96 valence electrons. The van der Waals surface area contributed by atoms with Gasteiger partial charge in [-0.1, -0.05) is 6.92 Å². The normalized spacial score (nSPS) is 29.5. The van der Waals surface area contributed by atoms with E-state index in [0.717, 1.165) is 30.3 Å². The second-order valence-corrected chi connectivity index (χ2v) is 6.64. The molecule has 0 aromatic carbocycles. The van der Waals surface area contributed by atoms with Gasteiger partial charge in [0.1, 0.15) is 0 Å². The van der Waals surface area contributed by atoms with E-state index in [1.54, 1.807) is 11.3 Å². The molecule has 1 aromatic heterocycles. The molecule has 0 saturated heterocycles. The van der Waals surface area contributed by atoms with E-state index in [-0.39, 0.29) is 12.1 Å². The largest absolute Gasteiger partial charge is 0.394 e. The van der Waals surface area contributed by atoms with Gasteiger partial charge in [-0.25, -0.2) is 4.98 Å². The summed E-state index contributed by atoms with van der Waals surface area (Å²) >= 11 is 1.73. The topological polar surface area (TPSA) is 45.2 Å². The molecule has 0 atom stereocenters. The number of aryl methyl sites for hydroxylation is 1. The van der Waals surface area contributed by atoms with Gasteiger partial charge in [0, 0.05) is 23.2 Å². The first-order valence-corrected chi connectivity index (χ1v) is 7.22. The van der Waals surface area contributed by atoms with E-state index in [1.165, 1.54) is 17.7 Å². The lowest BCUT2D eigenvalue weighted by atomic mass is 9.77. The molecule has 2 rings (SSSR count). The summed E-state index contributed by atoms with van der Waals surface area (Å²) in [5.74, 6) is 0.808. The average Bonchev–Trinajstić information content (AvgIpc) is 2.75. The van der Waals surface area contributed by atoms with Crippen molar-refractivity contribution in [3.8, 4) is 0 Å². The van der Waals surface area contributed by atoms with Gasteiger partial charge in [0.05, 0.1) is 11.6 Å². The zero-order valence-electron chi connectivity index (χ0n) is 10.7. The first kappa shape index (κ1) is 13.0. The minimum absolute atomic E-state index is 0.0512. The van der Waals surface area contributed by atoms with Gasteiger partial charge >= 0.3 is 0 Å². The third-order valence-electron chi connectivity index (χ3n) is 3.84. The number of aromatic nitrogens is 1. The summed E-state index contributed by atoms with van der Waals surface area (Å²) in [5.41, 5.74) is -0.0512. The third kappa shape index (κ3) is 3.27. The summed E-state index contributed by atoms with van der Waals surface area (Å²) in [6.07, 6.45) is 6.54. The fourth-order valence-electron chi connectivity index (χ4n) is 2.47. The third-order valence-corrected chi connectivity index (χ3v) is 4.75. The molecule has 17 heavy (non-hydrogen) atoms. The van der Waals surface area contributed by atoms with Crippen molar-refractivity contribution in [3.05, 3.63) is 16.1 Å². The maximum absolute atomic E-state index is 9.64. The number of nitrogens with one attached hydrogen (secondary N) is 1. The molecule has 0 amide bonds. The van der Waals surface area contributed by atoms with E-state index in [2.05, 4.69) is 17.2 Å². The molecule has 4 heteroatoms. The minimum Gasteiger partial charge on any atom is -0.394 e. The number of hydrogen-bond donors (Lipinski definition) is 2. The van der Waals surface area contributed by atoms with Gasteiger partial charge in [-0.15, -0.1) is 11.3 Å². The molecule has 1 aliphatic carbocycles. The zero-order chi connectivity index (χ0) is 12.3. The van der Waals surface area contributed by atoms with Crippen molar-refractivity contribution in [1.29, 1.82) is 0 Å². The Hall–Kier alpha value is -0.450. The maximum Gasteiger partial charge on any atom is 0.0897 e. The summed E-state index contributed by atoms with van der Waals surface area (Å²) in [4.78, 5) is 5.52. The number of rotatable bonds is 4. The van der Waals surface area contributed by atoms with Crippen molar-refractivity contribution in [2.45, 2.75) is 51.6 Å². The van der Waals surface area contributed by atoms with Gasteiger partial charge < -0.3 is 10.4 Å². The zero-order valence-corrected chi connectivity index (χ0v) is 11.5. The predicted molar refractivity (Wildman–Crippen MR) is 71.1 cm³/mol. The van der Waals surface area contributed by atoms with Crippen molar-refractivity contribution < 1.29 is 5.11 Å². The molecular weight excluding hydrogens is 232 g/mol. The molecule has 1 aromatic rings. The summed E-state index contributed by atoms with van der Waals surface area (Å²) < 4.78 is 0. The van der Waals surface area contributed by atoms with Crippen LogP contribution in [0, 0.1) is 12.8 Å². The number of nitrogens with zero attached hydrogens (tertiary/aromatic N) is 1. The SMILES string of the molecule is Cc1ncc(CNC2(CO)CCC(C)CC2)s1. The Balaban J connectivity index is 1.91. The molecule has 1 fully saturated rings. The number of aliphatic hydroxyl groups excluding tert-OH is 1. The Morgan fingerprint density at radius 3 is 2.76 bits per heavy atom. The second kappa shape index (κ2) is 5.46. The summed E-state index contributed by atoms with van der Waals surface area (Å²) in [6.45, 7) is 5.41. The molecule has 1 saturated carbocycles. The van der Waals surface area contributed by atoms with Gasteiger partial charge in [0.25, 0.3) is 0 Å². The van der Waals surface area contributed by atoms with Crippen LogP contribution in [0.4, 0.5) is 0 Å². The van der Waals surface area contributed by atoms with Gasteiger partial charge in [-0.3, -0.25) is 0 Å². The van der Waals surface area contributed by atoms with Crippen LogP contribution in [-0.2, 0) is 6.54 Å². The second-order valence-electron chi connectivity index (χ2n) is 5.32. The Bertz CT molecular complexity index is 356. The van der Waals surface area contributed by atoms with E-state index in [1.807, 2.05) is 13.1 Å². The van der Waals surface area contributed by atoms with Crippen molar-refractivity contribution in [2.24, 2.45) is 5.92 Å². The number of thiazole rings is 1. The maximum atomic E-state index is 9.64. The van der Waals surface area contributed by atoms with Crippen LogP contribution in [-0.4, -0.2) is 22.2 Å². The standard InChI is InChI=1S/C13H22N2OS/c1-10-3-5-13(9-16,6-4-10)15-8-12-7-14-11(2)17-12/h7,10,15-16H,3-6,8-9H2,1-2H3. The molecule has 0 radical (unpaired) electrons. The van der Waals surface area contributed by atoms with Crippen LogP contribution in [0.3, 0.4) is 0 Å². The highest BCUT2D eigenvalue weighted by Gasteiger charge is 2.32. The van der Waals surface area contributed by atoms with Crippen molar-refractivity contribution in [2.75, 3.05) is 6.61 Å². The average molecular weight is 254 g/mol. The van der Waals surface area contributed by atoms with Crippen molar-refractivity contribution >= 4 is 11.3 Å². The quantitative estimate of drug-likeness (QED) is 0.867. The Morgan fingerprint density at radius 2 is 2.24 bits per heavy atom. The highest BCUT2D eigenvalue weighted by molar-refractivity contribution is 7.11. The molecule has 3 nitrogen and oxygen atoms in total. The van der Waals surface area contributed by atoms with Crippen LogP contribution in [0.25, 0.3) is 0 Å². The lowest BCUT2D eigenvalue weighted by Crippen LogP contribution is -2.50. The van der Waals surface area contributed by atoms with Gasteiger partial charge in [-0.2, -0.15) is 0 Å². The summed E-state index contributed by atoms with van der Waals surface area (Å²) in [7, 11) is 0. The van der Waals surface area contributed by atoms with Crippen molar-refractivity contribution in [1.82, 2.24) is 10.3 Å². The molecular formula is C13H22N2OS. The predicted octanol–water partition coefficient (Wildman–Crippen LogP) is 2.48. The fourth-order valence-corrected chi connectivity index (χ4v) is 3.20. The van der Waals surface area contributed by atoms with Crippen LogP contribution in [0.2, 0.25) is 0 Å². The first-order chi connectivity index (χ1) is 8.13. The molecule has 0 bridgehead atoms. The number of aliphatic hydroxyl groups is 1. The molecule has 0 aliphatic heterocycles.